The molecular weight excluding hydrogens is 524 g/mol. The summed E-state index contributed by atoms with van der Waals surface area (Å²) in [4.78, 5) is 22.4. The van der Waals surface area contributed by atoms with Crippen molar-refractivity contribution in [2.75, 3.05) is 26.6 Å². The first-order valence-corrected chi connectivity index (χ1v) is 13.5. The molecule has 0 aliphatic heterocycles. The Morgan fingerprint density at radius 1 is 1.00 bits per heavy atom. The number of carbonyl (C=O) groups is 1. The van der Waals surface area contributed by atoms with E-state index in [9.17, 15) is 10.1 Å². The number of benzene rings is 2. The third-order valence-corrected chi connectivity index (χ3v) is 7.57. The van der Waals surface area contributed by atoms with Gasteiger partial charge >= 0.3 is 0 Å². The maximum atomic E-state index is 13.3. The van der Waals surface area contributed by atoms with Gasteiger partial charge in [-0.15, -0.1) is 0 Å². The highest BCUT2D eigenvalue weighted by Gasteiger charge is 2.25. The highest BCUT2D eigenvalue weighted by atomic mass is 32.2. The molecule has 0 fully saturated rings. The number of aromatic nitrogens is 2. The van der Waals surface area contributed by atoms with Gasteiger partial charge in [0.2, 0.25) is 11.7 Å². The predicted molar refractivity (Wildman–Crippen MR) is 157 cm³/mol. The molecule has 40 heavy (non-hydrogen) atoms. The Kier molecular flexibility index (Phi) is 9.25. The molecule has 1 N–H and O–H groups in total. The van der Waals surface area contributed by atoms with E-state index in [4.69, 9.17) is 19.2 Å². The van der Waals surface area contributed by atoms with Gasteiger partial charge in [-0.2, -0.15) is 5.26 Å². The zero-order valence-corrected chi connectivity index (χ0v) is 23.8. The van der Waals surface area contributed by atoms with Gasteiger partial charge in [-0.3, -0.25) is 4.79 Å². The first-order chi connectivity index (χ1) is 19.4. The predicted octanol–water partition coefficient (Wildman–Crippen LogP) is 6.53. The van der Waals surface area contributed by atoms with E-state index in [1.54, 1.807) is 38.6 Å². The molecule has 2 heterocycles. The van der Waals surface area contributed by atoms with Crippen LogP contribution in [0.15, 0.2) is 71.9 Å². The van der Waals surface area contributed by atoms with E-state index < -0.39 is 5.25 Å². The summed E-state index contributed by atoms with van der Waals surface area (Å²) < 4.78 is 16.6. The number of ether oxygens (including phenoxy) is 3. The monoisotopic (exact) mass is 554 g/mol. The third-order valence-electron chi connectivity index (χ3n) is 6.22. The summed E-state index contributed by atoms with van der Waals surface area (Å²) >= 11 is 1.26. The smallest absolute Gasteiger partial charge is 0.239 e. The lowest BCUT2D eigenvalue weighted by molar-refractivity contribution is -0.115. The summed E-state index contributed by atoms with van der Waals surface area (Å²) in [6, 6.07) is 21.1. The van der Waals surface area contributed by atoms with Crippen LogP contribution in [0.3, 0.4) is 0 Å². The average Bonchev–Trinajstić information content (AvgIpc) is 2.99. The van der Waals surface area contributed by atoms with Crippen molar-refractivity contribution in [2.45, 2.75) is 30.5 Å². The van der Waals surface area contributed by atoms with Gasteiger partial charge in [0.25, 0.3) is 0 Å². The van der Waals surface area contributed by atoms with E-state index in [-0.39, 0.29) is 5.91 Å². The topological polar surface area (TPSA) is 106 Å². The molecule has 9 heteroatoms. The number of hydrogen-bond acceptors (Lipinski definition) is 8. The number of amides is 1. The van der Waals surface area contributed by atoms with Gasteiger partial charge in [-0.25, -0.2) is 9.97 Å². The van der Waals surface area contributed by atoms with E-state index in [0.717, 1.165) is 11.1 Å². The Morgan fingerprint density at radius 3 is 2.25 bits per heavy atom. The molecule has 1 amide bonds. The van der Waals surface area contributed by atoms with Crippen LogP contribution >= 0.6 is 11.8 Å². The molecule has 0 saturated carbocycles. The lowest BCUT2D eigenvalue weighted by atomic mass is 9.98. The average molecular weight is 555 g/mol. The molecule has 0 radical (unpaired) electrons. The SMILES string of the molecule is CCC(Sc1nc(-c2ccccc2)cc(-c2cc(OC)c(OC)c(OC)c2)c1C#N)C(=O)Nc1ccc(C)cn1. The van der Waals surface area contributed by atoms with Crippen LogP contribution in [0.4, 0.5) is 5.82 Å². The van der Waals surface area contributed by atoms with E-state index in [2.05, 4.69) is 16.4 Å². The normalized spacial score (nSPS) is 11.3. The molecule has 0 aliphatic carbocycles. The zero-order valence-electron chi connectivity index (χ0n) is 23.0. The van der Waals surface area contributed by atoms with Gasteiger partial charge in [0.1, 0.15) is 16.9 Å². The zero-order chi connectivity index (χ0) is 28.6. The fourth-order valence-electron chi connectivity index (χ4n) is 4.14. The van der Waals surface area contributed by atoms with Gasteiger partial charge in [-0.05, 0) is 48.7 Å². The van der Waals surface area contributed by atoms with Crippen molar-refractivity contribution >= 4 is 23.5 Å². The standard InChI is InChI=1S/C31H30N4O4S/c1-6-27(30(36)35-28-13-12-19(2)18-33-28)40-31-23(17-32)22(16-24(34-31)20-10-8-7-9-11-20)21-14-25(37-3)29(39-5)26(15-21)38-4/h7-16,18,27H,6H2,1-5H3,(H,33,35,36). The Morgan fingerprint density at radius 2 is 1.70 bits per heavy atom. The highest BCUT2D eigenvalue weighted by Crippen LogP contribution is 2.44. The summed E-state index contributed by atoms with van der Waals surface area (Å²) in [5.74, 6) is 1.63. The van der Waals surface area contributed by atoms with Gasteiger partial charge in [0.15, 0.2) is 11.5 Å². The molecule has 4 aromatic rings. The molecule has 0 saturated heterocycles. The van der Waals surface area contributed by atoms with Crippen molar-refractivity contribution in [1.82, 2.24) is 9.97 Å². The number of nitrogens with one attached hydrogen (secondary N) is 1. The van der Waals surface area contributed by atoms with Crippen LogP contribution in [0.25, 0.3) is 22.4 Å². The lowest BCUT2D eigenvalue weighted by Gasteiger charge is -2.18. The van der Waals surface area contributed by atoms with Crippen LogP contribution in [-0.4, -0.2) is 42.5 Å². The Balaban J connectivity index is 1.84. The molecule has 0 spiro atoms. The van der Waals surface area contributed by atoms with Crippen LogP contribution < -0.4 is 19.5 Å². The van der Waals surface area contributed by atoms with Crippen molar-refractivity contribution in [2.24, 2.45) is 0 Å². The minimum absolute atomic E-state index is 0.214. The number of aryl methyl sites for hydroxylation is 1. The number of nitrogens with zero attached hydrogens (tertiary/aromatic N) is 3. The van der Waals surface area contributed by atoms with Crippen molar-refractivity contribution < 1.29 is 19.0 Å². The maximum Gasteiger partial charge on any atom is 0.239 e. The number of pyridine rings is 2. The number of carbonyl (C=O) groups excluding carboxylic acids is 1. The molecule has 4 rings (SSSR count). The molecular formula is C31H30N4O4S. The van der Waals surface area contributed by atoms with Crippen LogP contribution in [0.1, 0.15) is 24.5 Å². The summed E-state index contributed by atoms with van der Waals surface area (Å²) in [6.45, 7) is 3.86. The first kappa shape index (κ1) is 28.5. The minimum Gasteiger partial charge on any atom is -0.493 e. The second-order valence-electron chi connectivity index (χ2n) is 8.85. The number of rotatable bonds is 10. The van der Waals surface area contributed by atoms with Crippen molar-refractivity contribution in [1.29, 1.82) is 5.26 Å². The quantitative estimate of drug-likeness (QED) is 0.221. The van der Waals surface area contributed by atoms with Crippen LogP contribution in [0.5, 0.6) is 17.2 Å². The number of anilines is 1. The van der Waals surface area contributed by atoms with Gasteiger partial charge < -0.3 is 19.5 Å². The summed E-state index contributed by atoms with van der Waals surface area (Å²) in [6.07, 6.45) is 2.22. The maximum absolute atomic E-state index is 13.3. The van der Waals surface area contributed by atoms with E-state index >= 15 is 0 Å². The van der Waals surface area contributed by atoms with Gasteiger partial charge in [0.05, 0.1) is 37.8 Å². The highest BCUT2D eigenvalue weighted by molar-refractivity contribution is 8.00. The number of thioether (sulfide) groups is 1. The minimum atomic E-state index is -0.512. The first-order valence-electron chi connectivity index (χ1n) is 12.6. The number of hydrogen-bond donors (Lipinski definition) is 1. The molecule has 8 nitrogen and oxygen atoms in total. The van der Waals surface area contributed by atoms with E-state index in [1.165, 1.54) is 18.9 Å². The van der Waals surface area contributed by atoms with Crippen LogP contribution in [-0.2, 0) is 4.79 Å². The third kappa shape index (κ3) is 6.19. The Labute approximate surface area is 238 Å². The second kappa shape index (κ2) is 13.0. The van der Waals surface area contributed by atoms with Crippen LogP contribution in [0, 0.1) is 18.3 Å². The van der Waals surface area contributed by atoms with Crippen molar-refractivity contribution in [3.05, 3.63) is 78.0 Å². The van der Waals surface area contributed by atoms with E-state index in [0.29, 0.717) is 56.9 Å². The number of methoxy groups -OCH3 is 3. The molecule has 1 unspecified atom stereocenters. The van der Waals surface area contributed by atoms with Gasteiger partial charge in [-0.1, -0.05) is 55.1 Å². The Bertz CT molecular complexity index is 1510. The second-order valence-corrected chi connectivity index (χ2v) is 10.0. The summed E-state index contributed by atoms with van der Waals surface area (Å²) in [7, 11) is 4.63. The van der Waals surface area contributed by atoms with Gasteiger partial charge in [0, 0.05) is 17.3 Å². The molecule has 1 atom stereocenters. The summed E-state index contributed by atoms with van der Waals surface area (Å²) in [5, 5.41) is 13.2. The van der Waals surface area contributed by atoms with Crippen molar-refractivity contribution in [3.8, 4) is 45.7 Å². The molecule has 2 aromatic carbocycles. The lowest BCUT2D eigenvalue weighted by Crippen LogP contribution is -2.25. The summed E-state index contributed by atoms with van der Waals surface area (Å²) in [5.41, 5.74) is 4.21. The molecule has 0 bridgehead atoms. The number of nitriles is 1. The molecule has 204 valence electrons. The fourth-order valence-corrected chi connectivity index (χ4v) is 5.17. The van der Waals surface area contributed by atoms with E-state index in [1.807, 2.05) is 56.3 Å². The molecule has 0 aliphatic rings. The molecule has 2 aromatic heterocycles. The van der Waals surface area contributed by atoms with Crippen LogP contribution in [0.2, 0.25) is 0 Å². The Hall–Kier alpha value is -4.55. The van der Waals surface area contributed by atoms with Crippen molar-refractivity contribution in [3.63, 3.8) is 0 Å². The largest absolute Gasteiger partial charge is 0.493 e. The fraction of sp³-hybridized carbons (Fsp3) is 0.226.